The van der Waals surface area contributed by atoms with Crippen LogP contribution in [0.2, 0.25) is 10.0 Å². The summed E-state index contributed by atoms with van der Waals surface area (Å²) < 4.78 is 48.1. The first-order valence-corrected chi connectivity index (χ1v) is 11.5. The fourth-order valence-electron chi connectivity index (χ4n) is 4.25. The molecule has 0 radical (unpaired) electrons. The van der Waals surface area contributed by atoms with E-state index in [-0.39, 0.29) is 17.4 Å². The van der Waals surface area contributed by atoms with Gasteiger partial charge in [0.25, 0.3) is 0 Å². The van der Waals surface area contributed by atoms with Crippen molar-refractivity contribution in [2.45, 2.75) is 25.3 Å². The molecular formula is C23H22Cl2F3N5O2. The topological polar surface area (TPSA) is 63.5 Å². The van der Waals surface area contributed by atoms with Gasteiger partial charge in [0.1, 0.15) is 16.5 Å². The Balaban J connectivity index is 1.66. The van der Waals surface area contributed by atoms with Gasteiger partial charge in [-0.3, -0.25) is 14.7 Å². The van der Waals surface area contributed by atoms with Crippen molar-refractivity contribution in [3.8, 4) is 17.1 Å². The number of ether oxygens (including phenoxy) is 1. The highest BCUT2D eigenvalue weighted by Gasteiger charge is 2.43. The number of carbonyl (C=O) groups excluding carboxylic acids is 1. The average Bonchev–Trinajstić information content (AvgIpc) is 3.18. The number of anilines is 1. The highest BCUT2D eigenvalue weighted by Crippen LogP contribution is 2.41. The van der Waals surface area contributed by atoms with Crippen LogP contribution in [-0.4, -0.2) is 58.7 Å². The molecule has 3 heterocycles. The minimum absolute atomic E-state index is 0.133. The summed E-state index contributed by atoms with van der Waals surface area (Å²) in [5.41, 5.74) is -0.281. The Morgan fingerprint density at radius 2 is 1.97 bits per heavy atom. The summed E-state index contributed by atoms with van der Waals surface area (Å²) in [6.07, 6.45) is -4.25. The first-order chi connectivity index (χ1) is 16.7. The molecule has 1 aromatic carbocycles. The van der Waals surface area contributed by atoms with Crippen molar-refractivity contribution in [1.29, 1.82) is 0 Å². The predicted octanol–water partition coefficient (Wildman–Crippen LogP) is 5.19. The second kappa shape index (κ2) is 10.0. The molecule has 7 nitrogen and oxygen atoms in total. The third-order valence-electron chi connectivity index (χ3n) is 5.92. The van der Waals surface area contributed by atoms with Crippen LogP contribution in [0.4, 0.5) is 18.9 Å². The standard InChI is InChI=1S/C23H22Cl2F3N5O2/c1-14-12-31(15-6-7-16(24)18(11-15)35-2)9-10-32(14)19(13-34)33-22(23(26,27)28)20(25)21(30-33)17-5-3-4-8-29-17/h3-8,11,13-14,19H,9-10,12H2,1-2H3/t14-,19?/m0/s1. The maximum atomic E-state index is 14.1. The number of piperazine rings is 1. The second-order valence-corrected chi connectivity index (χ2v) is 8.86. The molecular weight excluding hydrogens is 506 g/mol. The molecule has 12 heteroatoms. The van der Waals surface area contributed by atoms with Crippen LogP contribution in [0.3, 0.4) is 0 Å². The fourth-order valence-corrected chi connectivity index (χ4v) is 4.77. The molecule has 1 saturated heterocycles. The molecule has 0 spiro atoms. The summed E-state index contributed by atoms with van der Waals surface area (Å²) in [6, 6.07) is 9.84. The van der Waals surface area contributed by atoms with Crippen molar-refractivity contribution in [3.05, 3.63) is 58.3 Å². The van der Waals surface area contributed by atoms with Crippen LogP contribution < -0.4 is 9.64 Å². The summed E-state index contributed by atoms with van der Waals surface area (Å²) in [4.78, 5) is 20.0. The molecule has 2 atom stereocenters. The van der Waals surface area contributed by atoms with E-state index in [1.165, 1.54) is 19.4 Å². The van der Waals surface area contributed by atoms with E-state index in [1.807, 2.05) is 13.0 Å². The number of carbonyl (C=O) groups is 1. The van der Waals surface area contributed by atoms with Gasteiger partial charge in [-0.05, 0) is 31.2 Å². The molecule has 1 unspecified atom stereocenters. The second-order valence-electron chi connectivity index (χ2n) is 8.07. The lowest BCUT2D eigenvalue weighted by Gasteiger charge is -2.43. The minimum Gasteiger partial charge on any atom is -0.495 e. The summed E-state index contributed by atoms with van der Waals surface area (Å²) in [5.74, 6) is 0.521. The predicted molar refractivity (Wildman–Crippen MR) is 127 cm³/mol. The maximum Gasteiger partial charge on any atom is 0.434 e. The van der Waals surface area contributed by atoms with Crippen molar-refractivity contribution < 1.29 is 22.7 Å². The van der Waals surface area contributed by atoms with Crippen LogP contribution in [0.15, 0.2) is 42.6 Å². The van der Waals surface area contributed by atoms with Crippen LogP contribution in [-0.2, 0) is 11.0 Å². The normalized spacial score (nSPS) is 17.9. The number of rotatable bonds is 6. The Morgan fingerprint density at radius 1 is 1.20 bits per heavy atom. The Labute approximate surface area is 210 Å². The molecule has 1 aliphatic rings. The van der Waals surface area contributed by atoms with Gasteiger partial charge in [0.2, 0.25) is 0 Å². The largest absolute Gasteiger partial charge is 0.495 e. The molecule has 3 aromatic rings. The van der Waals surface area contributed by atoms with E-state index in [4.69, 9.17) is 27.9 Å². The van der Waals surface area contributed by atoms with Crippen LogP contribution in [0.25, 0.3) is 11.4 Å². The molecule has 186 valence electrons. The van der Waals surface area contributed by atoms with Crippen LogP contribution >= 0.6 is 23.2 Å². The highest BCUT2D eigenvalue weighted by atomic mass is 35.5. The smallest absolute Gasteiger partial charge is 0.434 e. The van der Waals surface area contributed by atoms with Crippen molar-refractivity contribution >= 4 is 35.2 Å². The van der Waals surface area contributed by atoms with Crippen LogP contribution in [0.5, 0.6) is 5.75 Å². The van der Waals surface area contributed by atoms with Crippen LogP contribution in [0, 0.1) is 0 Å². The Bertz CT molecular complexity index is 1210. The molecule has 0 bridgehead atoms. The van der Waals surface area contributed by atoms with Gasteiger partial charge in [-0.2, -0.15) is 18.3 Å². The lowest BCUT2D eigenvalue weighted by atomic mass is 10.1. The Kier molecular flexibility index (Phi) is 7.25. The monoisotopic (exact) mass is 527 g/mol. The molecule has 2 aromatic heterocycles. The van der Waals surface area contributed by atoms with Crippen molar-refractivity contribution in [1.82, 2.24) is 19.7 Å². The van der Waals surface area contributed by atoms with Crippen molar-refractivity contribution in [3.63, 3.8) is 0 Å². The molecule has 0 N–H and O–H groups in total. The lowest BCUT2D eigenvalue weighted by Crippen LogP contribution is -2.54. The fraction of sp³-hybridized carbons (Fsp3) is 0.348. The maximum absolute atomic E-state index is 14.1. The van der Waals surface area contributed by atoms with E-state index in [9.17, 15) is 18.0 Å². The van der Waals surface area contributed by atoms with Gasteiger partial charge in [-0.15, -0.1) is 0 Å². The van der Waals surface area contributed by atoms with Gasteiger partial charge in [-0.1, -0.05) is 29.3 Å². The average molecular weight is 528 g/mol. The molecule has 35 heavy (non-hydrogen) atoms. The number of hydrogen-bond acceptors (Lipinski definition) is 6. The molecule has 4 rings (SSSR count). The third kappa shape index (κ3) is 4.96. The lowest BCUT2D eigenvalue weighted by molar-refractivity contribution is -0.147. The molecule has 1 fully saturated rings. The zero-order valence-electron chi connectivity index (χ0n) is 18.8. The van der Waals surface area contributed by atoms with Gasteiger partial charge < -0.3 is 9.64 Å². The van der Waals surface area contributed by atoms with Gasteiger partial charge in [0, 0.05) is 43.6 Å². The van der Waals surface area contributed by atoms with Crippen molar-refractivity contribution in [2.24, 2.45) is 0 Å². The van der Waals surface area contributed by atoms with Gasteiger partial charge in [0.15, 0.2) is 18.1 Å². The number of alkyl halides is 3. The number of benzene rings is 1. The number of methoxy groups -OCH3 is 1. The zero-order valence-corrected chi connectivity index (χ0v) is 20.3. The zero-order chi connectivity index (χ0) is 25.3. The number of hydrogen-bond donors (Lipinski definition) is 0. The Hall–Kier alpha value is -2.82. The van der Waals surface area contributed by atoms with Gasteiger partial charge in [-0.25, -0.2) is 4.68 Å². The number of nitrogens with zero attached hydrogens (tertiary/aromatic N) is 5. The number of aldehydes is 1. The van der Waals surface area contributed by atoms with E-state index >= 15 is 0 Å². The number of pyridine rings is 1. The summed E-state index contributed by atoms with van der Waals surface area (Å²) in [6.45, 7) is 3.07. The Morgan fingerprint density at radius 3 is 2.57 bits per heavy atom. The van der Waals surface area contributed by atoms with Crippen molar-refractivity contribution in [2.75, 3.05) is 31.6 Å². The molecule has 1 aliphatic heterocycles. The summed E-state index contributed by atoms with van der Waals surface area (Å²) in [5, 5.41) is 4.00. The minimum atomic E-state index is -4.83. The summed E-state index contributed by atoms with van der Waals surface area (Å²) in [7, 11) is 1.52. The quantitative estimate of drug-likeness (QED) is 0.411. The molecule has 0 aliphatic carbocycles. The number of halogens is 5. The molecule has 0 amide bonds. The molecule has 0 saturated carbocycles. The highest BCUT2D eigenvalue weighted by molar-refractivity contribution is 6.33. The SMILES string of the molecule is COc1cc(N2CCN(C(C=O)n3nc(-c4ccccn4)c(Cl)c3C(F)(F)F)[C@@H](C)C2)ccc1Cl. The first kappa shape index (κ1) is 25.3. The van der Waals surface area contributed by atoms with E-state index in [0.29, 0.717) is 41.4 Å². The number of aromatic nitrogens is 3. The van der Waals surface area contributed by atoms with Crippen LogP contribution in [0.1, 0.15) is 18.8 Å². The summed E-state index contributed by atoms with van der Waals surface area (Å²) >= 11 is 12.3. The van der Waals surface area contributed by atoms with E-state index in [2.05, 4.69) is 15.0 Å². The van der Waals surface area contributed by atoms with E-state index < -0.39 is 23.1 Å². The third-order valence-corrected chi connectivity index (χ3v) is 6.59. The van der Waals surface area contributed by atoms with Gasteiger partial charge in [0.05, 0.1) is 17.8 Å². The van der Waals surface area contributed by atoms with Gasteiger partial charge >= 0.3 is 6.18 Å². The van der Waals surface area contributed by atoms with E-state index in [0.717, 1.165) is 5.69 Å². The van der Waals surface area contributed by atoms with E-state index in [1.54, 1.807) is 29.2 Å². The first-order valence-electron chi connectivity index (χ1n) is 10.7.